The molecule has 0 atom stereocenters. The van der Waals surface area contributed by atoms with Crippen LogP contribution in [0.3, 0.4) is 0 Å². The first-order valence-corrected chi connectivity index (χ1v) is 8.32. The number of benzene rings is 2. The average Bonchev–Trinajstić information content (AvgIpc) is 2.89. The summed E-state index contributed by atoms with van der Waals surface area (Å²) in [7, 11) is 0. The van der Waals surface area contributed by atoms with Crippen LogP contribution in [0.25, 0.3) is 0 Å². The van der Waals surface area contributed by atoms with Crippen molar-refractivity contribution in [3.8, 4) is 0 Å². The SMILES string of the molecule is Cc1ccc(Cc2sc(NCc3ccccc3)nc2C)cc1. The minimum atomic E-state index is 0.817. The molecule has 0 saturated carbocycles. The molecule has 0 aliphatic heterocycles. The second-order valence-corrected chi connectivity index (χ2v) is 6.61. The van der Waals surface area contributed by atoms with Gasteiger partial charge in [-0.05, 0) is 25.0 Å². The van der Waals surface area contributed by atoms with Gasteiger partial charge in [0.05, 0.1) is 5.69 Å². The Morgan fingerprint density at radius 2 is 1.64 bits per heavy atom. The van der Waals surface area contributed by atoms with Gasteiger partial charge in [-0.3, -0.25) is 0 Å². The molecular formula is C19H20N2S. The maximum Gasteiger partial charge on any atom is 0.183 e. The largest absolute Gasteiger partial charge is 0.357 e. The Bertz CT molecular complexity index is 730. The summed E-state index contributed by atoms with van der Waals surface area (Å²) in [5, 5.41) is 4.43. The molecule has 1 aromatic heterocycles. The smallest absolute Gasteiger partial charge is 0.183 e. The molecule has 2 nitrogen and oxygen atoms in total. The lowest BCUT2D eigenvalue weighted by Gasteiger charge is -2.02. The van der Waals surface area contributed by atoms with Crippen molar-refractivity contribution < 1.29 is 0 Å². The summed E-state index contributed by atoms with van der Waals surface area (Å²) in [5.41, 5.74) is 5.04. The van der Waals surface area contributed by atoms with Crippen LogP contribution in [-0.2, 0) is 13.0 Å². The molecule has 0 fully saturated rings. The van der Waals surface area contributed by atoms with Crippen LogP contribution in [0.1, 0.15) is 27.3 Å². The van der Waals surface area contributed by atoms with Crippen LogP contribution in [0.5, 0.6) is 0 Å². The van der Waals surface area contributed by atoms with E-state index in [0.29, 0.717) is 0 Å². The summed E-state index contributed by atoms with van der Waals surface area (Å²) in [6.45, 7) is 5.03. The van der Waals surface area contributed by atoms with E-state index < -0.39 is 0 Å². The van der Waals surface area contributed by atoms with Crippen LogP contribution >= 0.6 is 11.3 Å². The summed E-state index contributed by atoms with van der Waals surface area (Å²) in [6.07, 6.45) is 0.955. The van der Waals surface area contributed by atoms with Crippen molar-refractivity contribution in [1.29, 1.82) is 0 Å². The van der Waals surface area contributed by atoms with Crippen molar-refractivity contribution in [2.24, 2.45) is 0 Å². The summed E-state index contributed by atoms with van der Waals surface area (Å²) < 4.78 is 0. The minimum Gasteiger partial charge on any atom is -0.357 e. The second kappa shape index (κ2) is 6.75. The topological polar surface area (TPSA) is 24.9 Å². The quantitative estimate of drug-likeness (QED) is 0.720. The van der Waals surface area contributed by atoms with Crippen LogP contribution in [-0.4, -0.2) is 4.98 Å². The molecule has 0 spiro atoms. The zero-order chi connectivity index (χ0) is 15.4. The Labute approximate surface area is 135 Å². The van der Waals surface area contributed by atoms with Crippen molar-refractivity contribution in [1.82, 2.24) is 4.98 Å². The van der Waals surface area contributed by atoms with Crippen molar-refractivity contribution in [3.63, 3.8) is 0 Å². The van der Waals surface area contributed by atoms with E-state index in [1.807, 2.05) is 6.07 Å². The fraction of sp³-hybridized carbons (Fsp3) is 0.211. The van der Waals surface area contributed by atoms with Crippen molar-refractivity contribution in [2.45, 2.75) is 26.8 Å². The van der Waals surface area contributed by atoms with Gasteiger partial charge in [-0.1, -0.05) is 60.2 Å². The van der Waals surface area contributed by atoms with E-state index in [1.165, 1.54) is 21.6 Å². The molecule has 0 radical (unpaired) electrons. The van der Waals surface area contributed by atoms with Crippen molar-refractivity contribution >= 4 is 16.5 Å². The number of nitrogens with one attached hydrogen (secondary N) is 1. The molecule has 2 aromatic carbocycles. The van der Waals surface area contributed by atoms with Gasteiger partial charge >= 0.3 is 0 Å². The highest BCUT2D eigenvalue weighted by atomic mass is 32.1. The molecule has 1 N–H and O–H groups in total. The first-order valence-electron chi connectivity index (χ1n) is 7.50. The molecule has 22 heavy (non-hydrogen) atoms. The number of aromatic nitrogens is 1. The van der Waals surface area contributed by atoms with E-state index in [-0.39, 0.29) is 0 Å². The molecule has 112 valence electrons. The highest BCUT2D eigenvalue weighted by Crippen LogP contribution is 2.25. The standard InChI is InChI=1S/C19H20N2S/c1-14-8-10-16(11-9-14)12-18-15(2)21-19(22-18)20-13-17-6-4-3-5-7-17/h3-11H,12-13H2,1-2H3,(H,20,21). The number of nitrogens with zero attached hydrogens (tertiary/aromatic N) is 1. The van der Waals surface area contributed by atoms with Crippen LogP contribution in [0.15, 0.2) is 54.6 Å². The number of anilines is 1. The van der Waals surface area contributed by atoms with Gasteiger partial charge in [0.2, 0.25) is 0 Å². The molecule has 3 heteroatoms. The van der Waals surface area contributed by atoms with E-state index >= 15 is 0 Å². The number of rotatable bonds is 5. The fourth-order valence-electron chi connectivity index (χ4n) is 2.33. The minimum absolute atomic E-state index is 0.817. The van der Waals surface area contributed by atoms with Gasteiger partial charge in [-0.15, -0.1) is 11.3 Å². The molecule has 0 unspecified atom stereocenters. The lowest BCUT2D eigenvalue weighted by atomic mass is 10.1. The molecule has 0 aliphatic carbocycles. The third-order valence-corrected chi connectivity index (χ3v) is 4.78. The van der Waals surface area contributed by atoms with Crippen LogP contribution in [0.4, 0.5) is 5.13 Å². The summed E-state index contributed by atoms with van der Waals surface area (Å²) >= 11 is 1.76. The van der Waals surface area contributed by atoms with Gasteiger partial charge in [0.15, 0.2) is 5.13 Å². The van der Waals surface area contributed by atoms with Crippen LogP contribution in [0, 0.1) is 13.8 Å². The molecule has 3 aromatic rings. The van der Waals surface area contributed by atoms with Gasteiger partial charge < -0.3 is 5.32 Å². The fourth-order valence-corrected chi connectivity index (χ4v) is 3.33. The summed E-state index contributed by atoms with van der Waals surface area (Å²) in [4.78, 5) is 5.98. The monoisotopic (exact) mass is 308 g/mol. The summed E-state index contributed by atoms with van der Waals surface area (Å²) in [6, 6.07) is 19.1. The number of hydrogen-bond acceptors (Lipinski definition) is 3. The van der Waals surface area contributed by atoms with Gasteiger partial charge in [-0.2, -0.15) is 0 Å². The maximum atomic E-state index is 4.65. The lowest BCUT2D eigenvalue weighted by Crippen LogP contribution is -1.98. The van der Waals surface area contributed by atoms with Gasteiger partial charge in [0.25, 0.3) is 0 Å². The molecule has 0 aliphatic rings. The van der Waals surface area contributed by atoms with Crippen molar-refractivity contribution in [2.75, 3.05) is 5.32 Å². The van der Waals surface area contributed by atoms with E-state index in [4.69, 9.17) is 0 Å². The Kier molecular flexibility index (Phi) is 4.54. The Hall–Kier alpha value is -2.13. The first-order chi connectivity index (χ1) is 10.7. The van der Waals surface area contributed by atoms with Gasteiger partial charge in [0.1, 0.15) is 0 Å². The predicted molar refractivity (Wildman–Crippen MR) is 94.6 cm³/mol. The molecule has 0 saturated heterocycles. The summed E-state index contributed by atoms with van der Waals surface area (Å²) in [5.74, 6) is 0. The third-order valence-electron chi connectivity index (χ3n) is 3.66. The maximum absolute atomic E-state index is 4.65. The highest BCUT2D eigenvalue weighted by molar-refractivity contribution is 7.15. The zero-order valence-corrected chi connectivity index (χ0v) is 13.8. The third kappa shape index (κ3) is 3.74. The second-order valence-electron chi connectivity index (χ2n) is 5.53. The van der Waals surface area contributed by atoms with Gasteiger partial charge in [0, 0.05) is 17.8 Å². The van der Waals surface area contributed by atoms with Crippen molar-refractivity contribution in [3.05, 3.63) is 81.9 Å². The Morgan fingerprint density at radius 3 is 2.36 bits per heavy atom. The molecule has 0 amide bonds. The molecule has 0 bridgehead atoms. The number of hydrogen-bond donors (Lipinski definition) is 1. The van der Waals surface area contributed by atoms with Crippen LogP contribution in [0.2, 0.25) is 0 Å². The first kappa shape index (κ1) is 14.8. The molecular weight excluding hydrogens is 288 g/mol. The predicted octanol–water partition coefficient (Wildman–Crippen LogP) is 4.96. The normalized spacial score (nSPS) is 10.6. The highest BCUT2D eigenvalue weighted by Gasteiger charge is 2.08. The Balaban J connectivity index is 1.67. The van der Waals surface area contributed by atoms with Gasteiger partial charge in [-0.25, -0.2) is 4.98 Å². The molecule has 3 rings (SSSR count). The Morgan fingerprint density at radius 1 is 0.909 bits per heavy atom. The zero-order valence-electron chi connectivity index (χ0n) is 13.0. The lowest BCUT2D eigenvalue weighted by molar-refractivity contribution is 1.10. The van der Waals surface area contributed by atoms with E-state index in [2.05, 4.69) is 72.7 Å². The number of aryl methyl sites for hydroxylation is 2. The average molecular weight is 308 g/mol. The van der Waals surface area contributed by atoms with Crippen LogP contribution < -0.4 is 5.32 Å². The number of thiazole rings is 1. The van der Waals surface area contributed by atoms with E-state index in [1.54, 1.807) is 11.3 Å². The van der Waals surface area contributed by atoms with E-state index in [9.17, 15) is 0 Å². The van der Waals surface area contributed by atoms with E-state index in [0.717, 1.165) is 23.8 Å². The molecule has 1 heterocycles.